The number of nitrogens with zero attached hydrogens (tertiary/aromatic N) is 1. The second kappa shape index (κ2) is 4.82. The van der Waals surface area contributed by atoms with Crippen LogP contribution in [0.3, 0.4) is 0 Å². The smallest absolute Gasteiger partial charge is 0.309 e. The minimum Gasteiger partial charge on any atom is -0.481 e. The summed E-state index contributed by atoms with van der Waals surface area (Å²) in [5, 5.41) is 9.19. The number of carbonyl (C=O) groups is 2. The molecule has 0 aromatic rings. The van der Waals surface area contributed by atoms with Crippen molar-refractivity contribution in [1.82, 2.24) is 4.90 Å². The Bertz CT molecular complexity index is 281. The molecule has 92 valence electrons. The summed E-state index contributed by atoms with van der Waals surface area (Å²) >= 11 is 0. The molecule has 0 aliphatic carbocycles. The molecule has 0 spiro atoms. The second-order valence-electron chi connectivity index (χ2n) is 4.55. The number of piperidine rings is 1. The van der Waals surface area contributed by atoms with Gasteiger partial charge >= 0.3 is 5.97 Å². The van der Waals surface area contributed by atoms with E-state index < -0.39 is 17.4 Å². The fourth-order valence-electron chi connectivity index (χ4n) is 2.16. The highest BCUT2D eigenvalue weighted by molar-refractivity contribution is 5.82. The Balaban J connectivity index is 2.63. The van der Waals surface area contributed by atoms with Crippen molar-refractivity contribution in [1.29, 1.82) is 0 Å². The summed E-state index contributed by atoms with van der Waals surface area (Å²) in [4.78, 5) is 24.5. The van der Waals surface area contributed by atoms with E-state index in [1.807, 2.05) is 6.92 Å². The summed E-state index contributed by atoms with van der Waals surface area (Å²) in [5.41, 5.74) is 4.87. The van der Waals surface area contributed by atoms with Crippen LogP contribution < -0.4 is 5.73 Å². The first-order valence-corrected chi connectivity index (χ1v) is 5.71. The summed E-state index contributed by atoms with van der Waals surface area (Å²) < 4.78 is 0. The van der Waals surface area contributed by atoms with Crippen molar-refractivity contribution < 1.29 is 14.7 Å². The van der Waals surface area contributed by atoms with Crippen LogP contribution in [-0.4, -0.2) is 41.0 Å². The fraction of sp³-hybridized carbons (Fsp3) is 0.818. The second-order valence-corrected chi connectivity index (χ2v) is 4.55. The number of nitrogens with two attached hydrogens (primary N) is 1. The van der Waals surface area contributed by atoms with E-state index in [4.69, 9.17) is 5.73 Å². The fourth-order valence-corrected chi connectivity index (χ4v) is 2.16. The molecule has 0 aromatic carbocycles. The Morgan fingerprint density at radius 1 is 1.44 bits per heavy atom. The van der Waals surface area contributed by atoms with Crippen molar-refractivity contribution in [3.63, 3.8) is 0 Å². The van der Waals surface area contributed by atoms with E-state index in [1.165, 1.54) is 0 Å². The van der Waals surface area contributed by atoms with E-state index >= 15 is 0 Å². The number of amides is 1. The maximum Gasteiger partial charge on any atom is 0.309 e. The largest absolute Gasteiger partial charge is 0.481 e. The molecule has 3 N–H and O–H groups in total. The zero-order valence-electron chi connectivity index (χ0n) is 9.90. The van der Waals surface area contributed by atoms with Crippen molar-refractivity contribution >= 4 is 11.9 Å². The zero-order chi connectivity index (χ0) is 12.3. The van der Waals surface area contributed by atoms with Gasteiger partial charge < -0.3 is 15.7 Å². The van der Waals surface area contributed by atoms with Gasteiger partial charge in [-0.25, -0.2) is 0 Å². The van der Waals surface area contributed by atoms with E-state index in [2.05, 4.69) is 0 Å². The highest BCUT2D eigenvalue weighted by atomic mass is 16.4. The maximum atomic E-state index is 11.6. The number of carboxylic acid groups (broad SMARTS) is 1. The predicted octanol–water partition coefficient (Wildman–Crippen LogP) is 0.437. The lowest BCUT2D eigenvalue weighted by atomic mass is 9.76. The third-order valence-electron chi connectivity index (χ3n) is 3.55. The minimum atomic E-state index is -0.747. The highest BCUT2D eigenvalue weighted by Crippen LogP contribution is 2.35. The highest BCUT2D eigenvalue weighted by Gasteiger charge is 2.40. The number of hydrogen-bond acceptors (Lipinski definition) is 3. The molecule has 0 saturated carbocycles. The average Bonchev–Trinajstić information content (AvgIpc) is 2.27. The van der Waals surface area contributed by atoms with Gasteiger partial charge in [0.05, 0.1) is 11.5 Å². The van der Waals surface area contributed by atoms with Crippen LogP contribution in [0.2, 0.25) is 0 Å². The van der Waals surface area contributed by atoms with E-state index in [9.17, 15) is 14.7 Å². The van der Waals surface area contributed by atoms with Crippen LogP contribution in [0.1, 0.15) is 33.1 Å². The molecule has 1 aliphatic heterocycles. The molecule has 1 heterocycles. The Morgan fingerprint density at radius 2 is 1.94 bits per heavy atom. The van der Waals surface area contributed by atoms with Crippen molar-refractivity contribution in [3.05, 3.63) is 0 Å². The van der Waals surface area contributed by atoms with E-state index in [0.29, 0.717) is 32.4 Å². The lowest BCUT2D eigenvalue weighted by Gasteiger charge is -2.38. The quantitative estimate of drug-likeness (QED) is 0.734. The molecular weight excluding hydrogens is 208 g/mol. The van der Waals surface area contributed by atoms with Crippen LogP contribution in [0.15, 0.2) is 0 Å². The molecule has 1 fully saturated rings. The summed E-state index contributed by atoms with van der Waals surface area (Å²) in [6, 6.07) is -0.501. The van der Waals surface area contributed by atoms with Gasteiger partial charge in [0.2, 0.25) is 5.91 Å². The standard InChI is InChI=1S/C11H20N2O3/c1-3-11(10(15)16)4-6-13(7-5-11)9(14)8(2)12/h8H,3-7,12H2,1-2H3,(H,15,16). The van der Waals surface area contributed by atoms with Crippen LogP contribution >= 0.6 is 0 Å². The predicted molar refractivity (Wildman–Crippen MR) is 59.8 cm³/mol. The molecule has 0 aromatic heterocycles. The van der Waals surface area contributed by atoms with Crippen LogP contribution in [0, 0.1) is 5.41 Å². The molecule has 5 nitrogen and oxygen atoms in total. The molecule has 16 heavy (non-hydrogen) atoms. The van der Waals surface area contributed by atoms with Gasteiger partial charge in [0.25, 0.3) is 0 Å². The lowest BCUT2D eigenvalue weighted by molar-refractivity contribution is -0.154. The molecule has 5 heteroatoms. The molecule has 1 aliphatic rings. The first-order chi connectivity index (χ1) is 7.43. The van der Waals surface area contributed by atoms with Crippen molar-refractivity contribution in [2.75, 3.05) is 13.1 Å². The van der Waals surface area contributed by atoms with Crippen LogP contribution in [-0.2, 0) is 9.59 Å². The van der Waals surface area contributed by atoms with E-state index in [0.717, 1.165) is 0 Å². The van der Waals surface area contributed by atoms with Crippen LogP contribution in [0.4, 0.5) is 0 Å². The van der Waals surface area contributed by atoms with Crippen LogP contribution in [0.5, 0.6) is 0 Å². The molecular formula is C11H20N2O3. The van der Waals surface area contributed by atoms with Gasteiger partial charge in [-0.2, -0.15) is 0 Å². The summed E-state index contributed by atoms with van der Waals surface area (Å²) in [6.45, 7) is 4.54. The Morgan fingerprint density at radius 3 is 2.25 bits per heavy atom. The third kappa shape index (κ3) is 2.35. The topological polar surface area (TPSA) is 83.6 Å². The van der Waals surface area contributed by atoms with Crippen LogP contribution in [0.25, 0.3) is 0 Å². The molecule has 1 amide bonds. The SMILES string of the molecule is CCC1(C(=O)O)CCN(C(=O)C(C)N)CC1. The molecule has 0 bridgehead atoms. The van der Waals surface area contributed by atoms with Gasteiger partial charge in [-0.15, -0.1) is 0 Å². The Kier molecular flexibility index (Phi) is 3.91. The molecule has 1 saturated heterocycles. The summed E-state index contributed by atoms with van der Waals surface area (Å²) in [7, 11) is 0. The summed E-state index contributed by atoms with van der Waals surface area (Å²) in [5.74, 6) is -0.835. The first kappa shape index (κ1) is 13.0. The number of carbonyl (C=O) groups excluding carboxylic acids is 1. The van der Waals surface area contributed by atoms with Gasteiger partial charge in [-0.1, -0.05) is 6.92 Å². The van der Waals surface area contributed by atoms with Gasteiger partial charge in [0, 0.05) is 13.1 Å². The number of likely N-dealkylation sites (tertiary alicyclic amines) is 1. The Hall–Kier alpha value is -1.10. The van der Waals surface area contributed by atoms with Gasteiger partial charge in [0.15, 0.2) is 0 Å². The number of carboxylic acids is 1. The van der Waals surface area contributed by atoms with E-state index in [-0.39, 0.29) is 5.91 Å². The third-order valence-corrected chi connectivity index (χ3v) is 3.55. The van der Waals surface area contributed by atoms with Gasteiger partial charge in [-0.05, 0) is 26.2 Å². The normalized spacial score (nSPS) is 21.6. The summed E-state index contributed by atoms with van der Waals surface area (Å²) in [6.07, 6.45) is 1.66. The lowest BCUT2D eigenvalue weighted by Crippen LogP contribution is -2.50. The number of aliphatic carboxylic acids is 1. The molecule has 0 radical (unpaired) electrons. The van der Waals surface area contributed by atoms with Crippen molar-refractivity contribution in [2.45, 2.75) is 39.2 Å². The minimum absolute atomic E-state index is 0.0879. The van der Waals surface area contributed by atoms with Gasteiger partial charge in [0.1, 0.15) is 0 Å². The number of rotatable bonds is 3. The average molecular weight is 228 g/mol. The molecule has 1 unspecified atom stereocenters. The number of hydrogen-bond donors (Lipinski definition) is 2. The Labute approximate surface area is 95.6 Å². The monoisotopic (exact) mass is 228 g/mol. The van der Waals surface area contributed by atoms with E-state index in [1.54, 1.807) is 11.8 Å². The first-order valence-electron chi connectivity index (χ1n) is 5.71. The molecule has 1 atom stereocenters. The van der Waals surface area contributed by atoms with Gasteiger partial charge in [-0.3, -0.25) is 9.59 Å². The van der Waals surface area contributed by atoms with Crippen molar-refractivity contribution in [2.24, 2.45) is 11.1 Å². The zero-order valence-corrected chi connectivity index (χ0v) is 9.90. The van der Waals surface area contributed by atoms with Crippen molar-refractivity contribution in [3.8, 4) is 0 Å². The molecule has 1 rings (SSSR count). The maximum absolute atomic E-state index is 11.6.